The normalized spacial score (nSPS) is 15.0. The number of rotatable bonds is 3. The summed E-state index contributed by atoms with van der Waals surface area (Å²) in [4.78, 5) is 12.0. The number of carbonyl (C=O) groups is 1. The molecule has 0 unspecified atom stereocenters. The third kappa shape index (κ3) is 4.10. The van der Waals surface area contributed by atoms with E-state index in [1.165, 1.54) is 0 Å². The predicted molar refractivity (Wildman–Crippen MR) is 78.1 cm³/mol. The fourth-order valence-corrected chi connectivity index (χ4v) is 1.97. The lowest BCUT2D eigenvalue weighted by Gasteiger charge is -2.27. The Morgan fingerprint density at radius 1 is 1.39 bits per heavy atom. The zero-order chi connectivity index (χ0) is 13.9. The molecule has 0 fully saturated rings. The zero-order valence-corrected chi connectivity index (χ0v) is 12.9. The Kier molecular flexibility index (Phi) is 4.93. The highest BCUT2D eigenvalue weighted by molar-refractivity contribution is 9.10. The van der Waals surface area contributed by atoms with Crippen molar-refractivity contribution in [3.05, 3.63) is 34.3 Å². The third-order valence-electron chi connectivity index (χ3n) is 2.92. The van der Waals surface area contributed by atoms with Crippen LogP contribution in [0.25, 0.3) is 0 Å². The van der Waals surface area contributed by atoms with E-state index in [9.17, 15) is 4.79 Å². The number of nitrogens with one attached hydrogen (secondary N) is 1. The number of benzene rings is 1. The molecule has 0 saturated carbocycles. The van der Waals surface area contributed by atoms with Crippen molar-refractivity contribution in [1.82, 2.24) is 5.32 Å². The first-order valence-electron chi connectivity index (χ1n) is 6.03. The molecule has 1 rings (SSSR count). The van der Waals surface area contributed by atoms with Crippen LogP contribution in [0.2, 0.25) is 0 Å². The van der Waals surface area contributed by atoms with E-state index < -0.39 is 6.04 Å². The van der Waals surface area contributed by atoms with E-state index in [0.29, 0.717) is 0 Å². The molecule has 0 bridgehead atoms. The van der Waals surface area contributed by atoms with Crippen molar-refractivity contribution in [2.24, 2.45) is 11.1 Å². The molecule has 4 heteroatoms. The van der Waals surface area contributed by atoms with E-state index in [-0.39, 0.29) is 17.4 Å². The van der Waals surface area contributed by atoms with Crippen LogP contribution in [0.3, 0.4) is 0 Å². The van der Waals surface area contributed by atoms with Crippen LogP contribution in [0.5, 0.6) is 0 Å². The van der Waals surface area contributed by atoms with Crippen molar-refractivity contribution in [3.63, 3.8) is 0 Å². The van der Waals surface area contributed by atoms with Gasteiger partial charge in [-0.1, -0.05) is 48.8 Å². The summed E-state index contributed by atoms with van der Waals surface area (Å²) in [6, 6.07) is 7.33. The quantitative estimate of drug-likeness (QED) is 0.901. The molecule has 0 aliphatic carbocycles. The van der Waals surface area contributed by atoms with Gasteiger partial charge in [0, 0.05) is 4.47 Å². The molecular weight excluding hydrogens is 292 g/mol. The van der Waals surface area contributed by atoms with E-state index in [1.807, 2.05) is 52.0 Å². The minimum Gasteiger partial charge on any atom is -0.348 e. The molecule has 0 aliphatic heterocycles. The van der Waals surface area contributed by atoms with Gasteiger partial charge < -0.3 is 11.1 Å². The van der Waals surface area contributed by atoms with Crippen molar-refractivity contribution in [2.75, 3.05) is 0 Å². The number of halogens is 1. The minimum atomic E-state index is -0.507. The van der Waals surface area contributed by atoms with Gasteiger partial charge in [-0.3, -0.25) is 4.79 Å². The molecule has 3 nitrogen and oxygen atoms in total. The van der Waals surface area contributed by atoms with Gasteiger partial charge in [-0.05, 0) is 30.0 Å². The first-order chi connectivity index (χ1) is 8.21. The van der Waals surface area contributed by atoms with Gasteiger partial charge >= 0.3 is 0 Å². The van der Waals surface area contributed by atoms with E-state index in [4.69, 9.17) is 5.73 Å². The molecule has 0 radical (unpaired) electrons. The van der Waals surface area contributed by atoms with Gasteiger partial charge in [0.05, 0.1) is 12.1 Å². The first-order valence-corrected chi connectivity index (χ1v) is 6.82. The molecule has 100 valence electrons. The van der Waals surface area contributed by atoms with Crippen LogP contribution in [0, 0.1) is 5.41 Å². The summed E-state index contributed by atoms with van der Waals surface area (Å²) in [6.07, 6.45) is 0. The summed E-state index contributed by atoms with van der Waals surface area (Å²) < 4.78 is 1.00. The molecule has 1 amide bonds. The molecule has 18 heavy (non-hydrogen) atoms. The van der Waals surface area contributed by atoms with Crippen molar-refractivity contribution < 1.29 is 4.79 Å². The Balaban J connectivity index is 2.71. The Labute approximate surface area is 117 Å². The van der Waals surface area contributed by atoms with Crippen LogP contribution in [0.1, 0.15) is 39.3 Å². The Morgan fingerprint density at radius 2 is 2.00 bits per heavy atom. The van der Waals surface area contributed by atoms with Crippen LogP contribution < -0.4 is 11.1 Å². The summed E-state index contributed by atoms with van der Waals surface area (Å²) in [7, 11) is 0. The molecule has 0 aromatic heterocycles. The van der Waals surface area contributed by atoms with Crippen LogP contribution in [0.4, 0.5) is 0 Å². The lowest BCUT2D eigenvalue weighted by molar-refractivity contribution is -0.125. The van der Waals surface area contributed by atoms with Crippen LogP contribution in [-0.4, -0.2) is 11.9 Å². The van der Waals surface area contributed by atoms with Crippen LogP contribution in [-0.2, 0) is 4.79 Å². The van der Waals surface area contributed by atoms with Gasteiger partial charge in [0.25, 0.3) is 0 Å². The fraction of sp³-hybridized carbons (Fsp3) is 0.500. The predicted octanol–water partition coefficient (Wildman–Crippen LogP) is 3.00. The number of hydrogen-bond donors (Lipinski definition) is 2. The lowest BCUT2D eigenvalue weighted by Crippen LogP contribution is -2.49. The van der Waals surface area contributed by atoms with E-state index in [0.717, 1.165) is 10.0 Å². The minimum absolute atomic E-state index is 0.0524. The number of amides is 1. The van der Waals surface area contributed by atoms with Gasteiger partial charge in [-0.2, -0.15) is 0 Å². The van der Waals surface area contributed by atoms with Crippen LogP contribution >= 0.6 is 15.9 Å². The third-order valence-corrected chi connectivity index (χ3v) is 3.42. The van der Waals surface area contributed by atoms with Crippen LogP contribution in [0.15, 0.2) is 28.7 Å². The van der Waals surface area contributed by atoms with Gasteiger partial charge in [0.2, 0.25) is 5.91 Å². The van der Waals surface area contributed by atoms with E-state index in [2.05, 4.69) is 21.2 Å². The van der Waals surface area contributed by atoms with Gasteiger partial charge in [-0.25, -0.2) is 0 Å². The molecule has 1 aromatic rings. The van der Waals surface area contributed by atoms with Crippen molar-refractivity contribution >= 4 is 21.8 Å². The molecule has 1 aromatic carbocycles. The zero-order valence-electron chi connectivity index (χ0n) is 11.3. The maximum atomic E-state index is 12.0. The molecule has 0 spiro atoms. The number of nitrogens with two attached hydrogens (primary N) is 1. The maximum absolute atomic E-state index is 12.0. The molecule has 3 N–H and O–H groups in total. The maximum Gasteiger partial charge on any atom is 0.237 e. The van der Waals surface area contributed by atoms with E-state index >= 15 is 0 Å². The second kappa shape index (κ2) is 5.85. The summed E-state index contributed by atoms with van der Waals surface area (Å²) >= 11 is 3.42. The second-order valence-electron chi connectivity index (χ2n) is 5.63. The molecule has 0 saturated heterocycles. The highest BCUT2D eigenvalue weighted by Crippen LogP contribution is 2.20. The second-order valence-corrected chi connectivity index (χ2v) is 6.54. The summed E-state index contributed by atoms with van der Waals surface area (Å²) in [5.74, 6) is -0.116. The highest BCUT2D eigenvalue weighted by Gasteiger charge is 2.28. The van der Waals surface area contributed by atoms with Gasteiger partial charge in [0.1, 0.15) is 0 Å². The Morgan fingerprint density at radius 3 is 2.50 bits per heavy atom. The lowest BCUT2D eigenvalue weighted by atomic mass is 9.86. The molecular formula is C14H21BrN2O. The Hall–Kier alpha value is -0.870. The van der Waals surface area contributed by atoms with E-state index in [1.54, 1.807) is 0 Å². The topological polar surface area (TPSA) is 55.1 Å². The number of carbonyl (C=O) groups excluding carboxylic acids is 1. The first kappa shape index (κ1) is 15.2. The summed E-state index contributed by atoms with van der Waals surface area (Å²) in [6.45, 7) is 7.83. The molecule has 2 atom stereocenters. The van der Waals surface area contributed by atoms with Crippen molar-refractivity contribution in [3.8, 4) is 0 Å². The van der Waals surface area contributed by atoms with Crippen molar-refractivity contribution in [2.45, 2.75) is 39.8 Å². The highest BCUT2D eigenvalue weighted by atomic mass is 79.9. The SMILES string of the molecule is C[C@@H](NC(=O)[C@@H](N)C(C)(C)C)c1cccc(Br)c1. The smallest absolute Gasteiger partial charge is 0.237 e. The van der Waals surface area contributed by atoms with Gasteiger partial charge in [0.15, 0.2) is 0 Å². The standard InChI is InChI=1S/C14H21BrN2O/c1-9(10-6-5-7-11(15)8-10)17-13(18)12(16)14(2,3)4/h5-9,12H,16H2,1-4H3,(H,17,18)/t9-,12-/m1/s1. The number of hydrogen-bond acceptors (Lipinski definition) is 2. The van der Waals surface area contributed by atoms with Gasteiger partial charge in [-0.15, -0.1) is 0 Å². The molecule has 0 heterocycles. The average Bonchev–Trinajstić information content (AvgIpc) is 2.26. The fourth-order valence-electron chi connectivity index (χ4n) is 1.56. The average molecular weight is 313 g/mol. The van der Waals surface area contributed by atoms with Crippen molar-refractivity contribution in [1.29, 1.82) is 0 Å². The Bertz CT molecular complexity index is 426. The summed E-state index contributed by atoms with van der Waals surface area (Å²) in [5.41, 5.74) is 6.75. The summed E-state index contributed by atoms with van der Waals surface area (Å²) in [5, 5.41) is 2.94. The largest absolute Gasteiger partial charge is 0.348 e. The molecule has 0 aliphatic rings. The monoisotopic (exact) mass is 312 g/mol.